The molecule has 282 valence electrons. The van der Waals surface area contributed by atoms with Crippen molar-refractivity contribution >= 4 is 41.2 Å². The summed E-state index contributed by atoms with van der Waals surface area (Å²) >= 11 is 6.77. The zero-order valence-electron chi connectivity index (χ0n) is 30.8. The van der Waals surface area contributed by atoms with Crippen molar-refractivity contribution in [3.8, 4) is 5.75 Å². The molecule has 51 heavy (non-hydrogen) atoms. The predicted octanol–water partition coefficient (Wildman–Crippen LogP) is 3.97. The minimum absolute atomic E-state index is 0.0728. The summed E-state index contributed by atoms with van der Waals surface area (Å²) in [4.78, 5) is 54.1. The second-order valence-electron chi connectivity index (χ2n) is 13.9. The van der Waals surface area contributed by atoms with Crippen molar-refractivity contribution in [2.24, 2.45) is 11.8 Å². The molecule has 3 aliphatic rings. The van der Waals surface area contributed by atoms with Crippen molar-refractivity contribution in [1.29, 1.82) is 0 Å². The minimum Gasteiger partial charge on any atom is -0.495 e. The number of carbonyl (C=O) groups is 4. The average molecular weight is 736 g/mol. The van der Waals surface area contributed by atoms with Gasteiger partial charge in [0.05, 0.1) is 25.3 Å². The number of esters is 1. The van der Waals surface area contributed by atoms with Crippen LogP contribution in [-0.2, 0) is 38.1 Å². The Hall–Kier alpha value is -3.69. The van der Waals surface area contributed by atoms with E-state index in [2.05, 4.69) is 10.6 Å². The number of epoxide rings is 1. The molecule has 0 spiro atoms. The number of carbonyl (C=O) groups excluding carboxylic acids is 4. The van der Waals surface area contributed by atoms with Crippen LogP contribution in [0.5, 0.6) is 5.75 Å². The normalized spacial score (nSPS) is 32.5. The highest BCUT2D eigenvalue weighted by molar-refractivity contribution is 6.35. The summed E-state index contributed by atoms with van der Waals surface area (Å²) in [6.45, 7) is 10.2. The lowest BCUT2D eigenvalue weighted by Gasteiger charge is -2.42. The molecule has 9 atom stereocenters. The standard InChI is InChI=1S/C36H50ClN3O11/c1-18(2)32(42)38-21(5)33(43)50-27-16-28(41)40(7)23-14-22(15-24(46-8)29(23)37)30(48-10)19(3)12-11-13-26(47-9)36(45)17-25(49-34(44)39-36)20(4)31-35(27,6)51-31/h11-15,18,20-21,25-27,30-31,45H,16-17H2,1-10H3,(H,38,42)(H,39,44)/b13-11+,19-12?. The number of benzene rings is 1. The van der Waals surface area contributed by atoms with Crippen LogP contribution >= 0.6 is 11.6 Å². The van der Waals surface area contributed by atoms with Crippen molar-refractivity contribution in [3.05, 3.63) is 46.5 Å². The van der Waals surface area contributed by atoms with Crippen LogP contribution in [0.2, 0.25) is 5.02 Å². The van der Waals surface area contributed by atoms with Gasteiger partial charge in [0.1, 0.15) is 46.8 Å². The number of nitrogens with one attached hydrogen (secondary N) is 2. The van der Waals surface area contributed by atoms with Gasteiger partial charge in [-0.3, -0.25) is 14.9 Å². The fraction of sp³-hybridized carbons (Fsp3) is 0.611. The van der Waals surface area contributed by atoms with E-state index in [4.69, 9.17) is 40.0 Å². The molecule has 4 rings (SSSR count). The molecule has 0 aliphatic carbocycles. The molecule has 0 aromatic heterocycles. The van der Waals surface area contributed by atoms with Crippen LogP contribution in [0.15, 0.2) is 35.9 Å². The highest BCUT2D eigenvalue weighted by atomic mass is 35.5. The quantitative estimate of drug-likeness (QED) is 0.273. The lowest BCUT2D eigenvalue weighted by molar-refractivity contribution is -0.157. The number of rotatable bonds is 7. The fourth-order valence-electron chi connectivity index (χ4n) is 6.58. The Balaban J connectivity index is 1.82. The number of nitrogens with zero attached hydrogens (tertiary/aromatic N) is 1. The van der Waals surface area contributed by atoms with Crippen LogP contribution in [0.1, 0.15) is 66.1 Å². The number of fused-ring (bicyclic) bond motifs is 5. The van der Waals surface area contributed by atoms with E-state index in [-0.39, 0.29) is 29.7 Å². The second kappa shape index (κ2) is 15.9. The number of anilines is 1. The van der Waals surface area contributed by atoms with Gasteiger partial charge in [-0.05, 0) is 44.0 Å². The molecule has 2 saturated heterocycles. The van der Waals surface area contributed by atoms with Crippen molar-refractivity contribution in [2.75, 3.05) is 33.3 Å². The number of methoxy groups -OCH3 is 3. The van der Waals surface area contributed by atoms with E-state index in [1.807, 2.05) is 6.92 Å². The van der Waals surface area contributed by atoms with E-state index in [9.17, 15) is 24.3 Å². The number of hydrogen-bond acceptors (Lipinski definition) is 11. The molecule has 3 heterocycles. The Morgan fingerprint density at radius 3 is 2.45 bits per heavy atom. The van der Waals surface area contributed by atoms with Crippen LogP contribution in [0.4, 0.5) is 10.5 Å². The van der Waals surface area contributed by atoms with E-state index in [0.29, 0.717) is 17.0 Å². The maximum atomic E-state index is 14.1. The van der Waals surface area contributed by atoms with Crippen LogP contribution in [-0.4, -0.2) is 99.1 Å². The lowest BCUT2D eigenvalue weighted by Crippen LogP contribution is -2.63. The first kappa shape index (κ1) is 40.1. The number of aliphatic hydroxyl groups is 1. The molecule has 2 fully saturated rings. The van der Waals surface area contributed by atoms with Crippen molar-refractivity contribution in [3.63, 3.8) is 0 Å². The fourth-order valence-corrected chi connectivity index (χ4v) is 6.89. The molecule has 0 saturated carbocycles. The summed E-state index contributed by atoms with van der Waals surface area (Å²) in [5.41, 5.74) is -1.39. The van der Waals surface area contributed by atoms with Gasteiger partial charge in [0.25, 0.3) is 0 Å². The smallest absolute Gasteiger partial charge is 0.409 e. The van der Waals surface area contributed by atoms with Crippen LogP contribution in [0, 0.1) is 11.8 Å². The third-order valence-corrected chi connectivity index (χ3v) is 10.2. The third kappa shape index (κ3) is 8.52. The van der Waals surface area contributed by atoms with E-state index in [1.165, 1.54) is 33.2 Å². The van der Waals surface area contributed by atoms with Gasteiger partial charge in [-0.15, -0.1) is 0 Å². The lowest BCUT2D eigenvalue weighted by atomic mass is 9.83. The highest BCUT2D eigenvalue weighted by Crippen LogP contribution is 2.49. The number of hydrogen-bond donors (Lipinski definition) is 3. The second-order valence-corrected chi connectivity index (χ2v) is 14.2. The molecule has 0 radical (unpaired) electrons. The van der Waals surface area contributed by atoms with Gasteiger partial charge in [-0.2, -0.15) is 0 Å². The molecule has 1 aromatic carbocycles. The molecule has 1 aromatic rings. The van der Waals surface area contributed by atoms with E-state index < -0.39 is 71.8 Å². The number of alkyl carbamates (subject to hydrolysis) is 1. The summed E-state index contributed by atoms with van der Waals surface area (Å²) in [7, 11) is 5.95. The maximum Gasteiger partial charge on any atom is 0.409 e. The molecular weight excluding hydrogens is 686 g/mol. The van der Waals surface area contributed by atoms with E-state index in [0.717, 1.165) is 5.57 Å². The zero-order chi connectivity index (χ0) is 38.0. The monoisotopic (exact) mass is 735 g/mol. The van der Waals surface area contributed by atoms with Gasteiger partial charge >= 0.3 is 12.1 Å². The van der Waals surface area contributed by atoms with Gasteiger partial charge < -0.3 is 43.7 Å². The van der Waals surface area contributed by atoms with E-state index in [1.54, 1.807) is 65.1 Å². The third-order valence-electron chi connectivity index (χ3n) is 9.86. The molecule has 3 N–H and O–H groups in total. The Morgan fingerprint density at radius 2 is 1.84 bits per heavy atom. The summed E-state index contributed by atoms with van der Waals surface area (Å²) in [5, 5.41) is 17.0. The van der Waals surface area contributed by atoms with Crippen LogP contribution in [0.3, 0.4) is 0 Å². The molecule has 4 bridgehead atoms. The van der Waals surface area contributed by atoms with Crippen LogP contribution < -0.4 is 20.3 Å². The summed E-state index contributed by atoms with van der Waals surface area (Å²) in [6, 6.07) is 2.40. The average Bonchev–Trinajstić information content (AvgIpc) is 3.77. The van der Waals surface area contributed by atoms with E-state index >= 15 is 0 Å². The van der Waals surface area contributed by atoms with Crippen molar-refractivity contribution in [1.82, 2.24) is 10.6 Å². The summed E-state index contributed by atoms with van der Waals surface area (Å²) in [5.74, 6) is -2.20. The molecule has 3 aliphatic heterocycles. The Morgan fingerprint density at radius 1 is 1.16 bits per heavy atom. The first-order valence-electron chi connectivity index (χ1n) is 16.8. The van der Waals surface area contributed by atoms with Gasteiger partial charge in [0.15, 0.2) is 5.72 Å². The first-order valence-corrected chi connectivity index (χ1v) is 17.2. The highest BCUT2D eigenvalue weighted by Gasteiger charge is 2.64. The predicted molar refractivity (Wildman–Crippen MR) is 187 cm³/mol. The molecule has 9 unspecified atom stereocenters. The Labute approximate surface area is 303 Å². The molecule has 3 amide bonds. The number of allylic oxidation sites excluding steroid dienone is 2. The van der Waals surface area contributed by atoms with Crippen molar-refractivity contribution in [2.45, 2.75) is 102 Å². The largest absolute Gasteiger partial charge is 0.495 e. The summed E-state index contributed by atoms with van der Waals surface area (Å²) < 4.78 is 34.9. The summed E-state index contributed by atoms with van der Waals surface area (Å²) in [6.07, 6.45) is -0.457. The zero-order valence-corrected chi connectivity index (χ0v) is 31.5. The number of halogens is 1. The number of ether oxygens (including phenoxy) is 6. The van der Waals surface area contributed by atoms with Crippen LogP contribution in [0.25, 0.3) is 0 Å². The van der Waals surface area contributed by atoms with Gasteiger partial charge in [-0.25, -0.2) is 9.59 Å². The maximum absolute atomic E-state index is 14.1. The molecule has 15 heteroatoms. The first-order chi connectivity index (χ1) is 23.9. The minimum atomic E-state index is -1.86. The van der Waals surface area contributed by atoms with Gasteiger partial charge in [-0.1, -0.05) is 50.6 Å². The SMILES string of the molecule is COc1cc2cc(c1Cl)N(C)C(=O)CC(OC(=O)C(C)NC(=O)C(C)C)C1(C)OC1C(C)C1CC(O)(NC(=O)O1)C(OC)/C=C/C=C(C)C2OC. The van der Waals surface area contributed by atoms with Crippen molar-refractivity contribution < 1.29 is 52.7 Å². The molecule has 14 nitrogen and oxygen atoms in total. The van der Waals surface area contributed by atoms with Gasteiger partial charge in [0.2, 0.25) is 11.8 Å². The van der Waals surface area contributed by atoms with Gasteiger partial charge in [0, 0.05) is 39.5 Å². The Bertz CT molecular complexity index is 1570. The topological polar surface area (TPSA) is 174 Å². The Kier molecular flexibility index (Phi) is 12.5. The number of amides is 3. The molecular formula is C36H50ClN3O11.